The Balaban J connectivity index is 0.00000133. The molecule has 0 saturated carbocycles. The van der Waals surface area contributed by atoms with Crippen LogP contribution in [-0.4, -0.2) is 22.6 Å². The van der Waals surface area contributed by atoms with E-state index < -0.39 is 0 Å². The Morgan fingerprint density at radius 3 is 2.74 bits per heavy atom. The summed E-state index contributed by atoms with van der Waals surface area (Å²) in [6, 6.07) is 6.39. The normalized spacial score (nSPS) is 16.5. The van der Waals surface area contributed by atoms with E-state index in [4.69, 9.17) is 0 Å². The molecule has 2 heterocycles. The molecule has 0 unspecified atom stereocenters. The molecule has 3 rings (SSSR count). The van der Waals surface area contributed by atoms with Crippen molar-refractivity contribution in [1.82, 2.24) is 14.9 Å². The number of fused-ring (bicyclic) bond motifs is 1. The maximum absolute atomic E-state index is 11.8. The Morgan fingerprint density at radius 1 is 1.32 bits per heavy atom. The number of piperidine rings is 1. The average Bonchev–Trinajstić information content (AvgIpc) is 2.74. The zero-order valence-electron chi connectivity index (χ0n) is 11.1. The summed E-state index contributed by atoms with van der Waals surface area (Å²) < 4.78 is 1.81. The van der Waals surface area contributed by atoms with E-state index >= 15 is 0 Å². The lowest BCUT2D eigenvalue weighted by atomic mass is 9.90. The lowest BCUT2D eigenvalue weighted by Gasteiger charge is -2.23. The van der Waals surface area contributed by atoms with Crippen LogP contribution in [0.3, 0.4) is 0 Å². The van der Waals surface area contributed by atoms with Crippen molar-refractivity contribution in [2.45, 2.75) is 32.2 Å². The van der Waals surface area contributed by atoms with E-state index in [2.05, 4.69) is 22.4 Å². The maximum Gasteiger partial charge on any atom is 0.326 e. The van der Waals surface area contributed by atoms with Crippen LogP contribution in [0.5, 0.6) is 0 Å². The van der Waals surface area contributed by atoms with Crippen molar-refractivity contribution in [3.8, 4) is 0 Å². The van der Waals surface area contributed by atoms with Crippen LogP contribution >= 0.6 is 12.4 Å². The smallest absolute Gasteiger partial charge is 0.317 e. The Kier molecular flexibility index (Phi) is 4.32. The number of hydrogen-bond acceptors (Lipinski definition) is 2. The van der Waals surface area contributed by atoms with Crippen molar-refractivity contribution in [3.05, 3.63) is 34.2 Å². The lowest BCUT2D eigenvalue weighted by molar-refractivity contribution is 0.460. The zero-order valence-corrected chi connectivity index (χ0v) is 11.9. The van der Waals surface area contributed by atoms with E-state index in [0.29, 0.717) is 12.5 Å². The predicted octanol–water partition coefficient (Wildman–Crippen LogP) is 2.24. The number of aromatic nitrogens is 2. The van der Waals surface area contributed by atoms with Gasteiger partial charge >= 0.3 is 5.69 Å². The van der Waals surface area contributed by atoms with Gasteiger partial charge in [-0.05, 0) is 56.5 Å². The van der Waals surface area contributed by atoms with Crippen LogP contribution in [0.2, 0.25) is 0 Å². The number of nitrogens with zero attached hydrogens (tertiary/aromatic N) is 1. The molecule has 1 aliphatic rings. The van der Waals surface area contributed by atoms with Gasteiger partial charge in [0.15, 0.2) is 0 Å². The SMILES string of the molecule is CCn1c(=O)[nH]c2ccc(C3CCNCC3)cc21.Cl. The number of hydrogen-bond donors (Lipinski definition) is 2. The van der Waals surface area contributed by atoms with E-state index in [1.54, 1.807) is 4.57 Å². The molecule has 1 fully saturated rings. The van der Waals surface area contributed by atoms with Gasteiger partial charge in [0.2, 0.25) is 0 Å². The van der Waals surface area contributed by atoms with Crippen LogP contribution in [0.1, 0.15) is 31.2 Å². The van der Waals surface area contributed by atoms with E-state index in [-0.39, 0.29) is 18.1 Å². The summed E-state index contributed by atoms with van der Waals surface area (Å²) in [6.07, 6.45) is 2.37. The first-order valence-electron chi connectivity index (χ1n) is 6.72. The second-order valence-corrected chi connectivity index (χ2v) is 4.98. The molecule has 0 amide bonds. The number of halogens is 1. The molecule has 0 atom stereocenters. The van der Waals surface area contributed by atoms with Crippen LogP contribution in [-0.2, 0) is 6.54 Å². The van der Waals surface area contributed by atoms with Gasteiger partial charge < -0.3 is 10.3 Å². The highest BCUT2D eigenvalue weighted by molar-refractivity contribution is 5.85. The van der Waals surface area contributed by atoms with Crippen LogP contribution in [0.15, 0.2) is 23.0 Å². The lowest BCUT2D eigenvalue weighted by Crippen LogP contribution is -2.26. The minimum absolute atomic E-state index is 0. The van der Waals surface area contributed by atoms with Crippen LogP contribution < -0.4 is 11.0 Å². The third kappa shape index (κ3) is 2.55. The number of benzene rings is 1. The molecule has 1 aromatic heterocycles. The number of aromatic amines is 1. The molecule has 2 aromatic rings. The summed E-state index contributed by atoms with van der Waals surface area (Å²) in [5.41, 5.74) is 3.35. The topological polar surface area (TPSA) is 49.8 Å². The van der Waals surface area contributed by atoms with Crippen LogP contribution in [0.4, 0.5) is 0 Å². The molecule has 19 heavy (non-hydrogen) atoms. The third-order valence-corrected chi connectivity index (χ3v) is 3.93. The molecule has 0 radical (unpaired) electrons. The first kappa shape index (κ1) is 14.2. The van der Waals surface area contributed by atoms with Gasteiger partial charge in [0.25, 0.3) is 0 Å². The second kappa shape index (κ2) is 5.80. The van der Waals surface area contributed by atoms with E-state index in [1.165, 1.54) is 18.4 Å². The molecular formula is C14H20ClN3O. The van der Waals surface area contributed by atoms with Gasteiger partial charge in [0, 0.05) is 6.54 Å². The summed E-state index contributed by atoms with van der Waals surface area (Å²) in [6.45, 7) is 4.91. The number of H-pyrrole nitrogens is 1. The second-order valence-electron chi connectivity index (χ2n) is 4.98. The van der Waals surface area contributed by atoms with Gasteiger partial charge in [0.1, 0.15) is 0 Å². The molecule has 1 aliphatic heterocycles. The monoisotopic (exact) mass is 281 g/mol. The van der Waals surface area contributed by atoms with E-state index in [9.17, 15) is 4.79 Å². The average molecular weight is 282 g/mol. The molecule has 4 nitrogen and oxygen atoms in total. The molecule has 1 aromatic carbocycles. The molecule has 5 heteroatoms. The molecule has 104 valence electrons. The fourth-order valence-electron chi connectivity index (χ4n) is 2.89. The number of imidazole rings is 1. The molecule has 2 N–H and O–H groups in total. The summed E-state index contributed by atoms with van der Waals surface area (Å²) in [5.74, 6) is 0.631. The van der Waals surface area contributed by atoms with Gasteiger partial charge in [-0.25, -0.2) is 4.79 Å². The number of nitrogens with one attached hydrogen (secondary N) is 2. The largest absolute Gasteiger partial charge is 0.326 e. The summed E-state index contributed by atoms with van der Waals surface area (Å²) in [5, 5.41) is 3.39. The van der Waals surface area contributed by atoms with Crippen LogP contribution in [0, 0.1) is 0 Å². The van der Waals surface area contributed by atoms with Crippen molar-refractivity contribution < 1.29 is 0 Å². The molecule has 0 aliphatic carbocycles. The predicted molar refractivity (Wildman–Crippen MR) is 80.3 cm³/mol. The van der Waals surface area contributed by atoms with Crippen molar-refractivity contribution in [1.29, 1.82) is 0 Å². The van der Waals surface area contributed by atoms with Crippen LogP contribution in [0.25, 0.3) is 11.0 Å². The first-order valence-corrected chi connectivity index (χ1v) is 6.72. The van der Waals surface area contributed by atoms with Crippen molar-refractivity contribution in [2.75, 3.05) is 13.1 Å². The minimum atomic E-state index is -0.00467. The van der Waals surface area contributed by atoms with Gasteiger partial charge in [0.05, 0.1) is 11.0 Å². The van der Waals surface area contributed by atoms with Gasteiger partial charge in [-0.3, -0.25) is 4.57 Å². The highest BCUT2D eigenvalue weighted by Crippen LogP contribution is 2.27. The van der Waals surface area contributed by atoms with E-state index in [1.807, 2.05) is 13.0 Å². The fraction of sp³-hybridized carbons (Fsp3) is 0.500. The number of aryl methyl sites for hydroxylation is 1. The Hall–Kier alpha value is -1.26. The zero-order chi connectivity index (χ0) is 12.5. The quantitative estimate of drug-likeness (QED) is 0.887. The van der Waals surface area contributed by atoms with Gasteiger partial charge in [-0.15, -0.1) is 12.4 Å². The van der Waals surface area contributed by atoms with Gasteiger partial charge in [-0.2, -0.15) is 0 Å². The fourth-order valence-corrected chi connectivity index (χ4v) is 2.89. The van der Waals surface area contributed by atoms with Crippen molar-refractivity contribution in [2.24, 2.45) is 0 Å². The molecule has 0 spiro atoms. The maximum atomic E-state index is 11.8. The highest BCUT2D eigenvalue weighted by Gasteiger charge is 2.16. The minimum Gasteiger partial charge on any atom is -0.317 e. The van der Waals surface area contributed by atoms with Crippen molar-refractivity contribution >= 4 is 23.4 Å². The number of rotatable bonds is 2. The summed E-state index contributed by atoms with van der Waals surface area (Å²) >= 11 is 0. The summed E-state index contributed by atoms with van der Waals surface area (Å²) in [4.78, 5) is 14.7. The Morgan fingerprint density at radius 2 is 2.05 bits per heavy atom. The van der Waals surface area contributed by atoms with Gasteiger partial charge in [-0.1, -0.05) is 6.07 Å². The molecular weight excluding hydrogens is 262 g/mol. The van der Waals surface area contributed by atoms with Crippen molar-refractivity contribution in [3.63, 3.8) is 0 Å². The highest BCUT2D eigenvalue weighted by atomic mass is 35.5. The molecule has 1 saturated heterocycles. The summed E-state index contributed by atoms with van der Waals surface area (Å²) in [7, 11) is 0. The Labute approximate surface area is 118 Å². The molecule has 0 bridgehead atoms. The Bertz CT molecular complexity index is 611. The standard InChI is InChI=1S/C14H19N3O.ClH/c1-2-17-13-9-11(10-5-7-15-8-6-10)3-4-12(13)16-14(17)18;/h3-4,9-10,15H,2,5-8H2,1H3,(H,16,18);1H. The van der Waals surface area contributed by atoms with E-state index in [0.717, 1.165) is 24.1 Å². The first-order chi connectivity index (χ1) is 8.79. The third-order valence-electron chi connectivity index (χ3n) is 3.93.